The molecule has 0 saturated heterocycles. The first kappa shape index (κ1) is 29.0. The van der Waals surface area contributed by atoms with Crippen LogP contribution in [0.3, 0.4) is 0 Å². The van der Waals surface area contributed by atoms with E-state index in [0.717, 1.165) is 71.9 Å². The van der Waals surface area contributed by atoms with Crippen LogP contribution in [0.1, 0.15) is 59.6 Å². The molecule has 2 aromatic carbocycles. The van der Waals surface area contributed by atoms with Crippen molar-refractivity contribution in [3.8, 4) is 0 Å². The van der Waals surface area contributed by atoms with Gasteiger partial charge in [0.25, 0.3) is 0 Å². The number of amides is 2. The fourth-order valence-corrected chi connectivity index (χ4v) is 5.51. The van der Waals surface area contributed by atoms with Crippen molar-refractivity contribution < 1.29 is 9.59 Å². The van der Waals surface area contributed by atoms with Crippen LogP contribution in [0.2, 0.25) is 0 Å². The zero-order valence-electron chi connectivity index (χ0n) is 23.6. The molecule has 4 aromatic rings. The number of anilines is 1. The van der Waals surface area contributed by atoms with Crippen molar-refractivity contribution in [1.82, 2.24) is 25.1 Å². The maximum absolute atomic E-state index is 12.6. The molecule has 2 amide bonds. The highest BCUT2D eigenvalue weighted by Gasteiger charge is 2.14. The number of amidine groups is 1. The molecule has 11 heteroatoms. The van der Waals surface area contributed by atoms with Crippen LogP contribution in [0.5, 0.6) is 0 Å². The van der Waals surface area contributed by atoms with Gasteiger partial charge in [-0.2, -0.15) is 5.10 Å². The quantitative estimate of drug-likeness (QED) is 0.230. The molecule has 42 heavy (non-hydrogen) atoms. The lowest BCUT2D eigenvalue weighted by atomic mass is 10.1. The normalized spacial score (nSPS) is 12.9. The molecule has 0 radical (unpaired) electrons. The van der Waals surface area contributed by atoms with E-state index in [1.165, 1.54) is 11.3 Å². The van der Waals surface area contributed by atoms with Gasteiger partial charge in [0.15, 0.2) is 0 Å². The summed E-state index contributed by atoms with van der Waals surface area (Å²) < 4.78 is 2.07. The van der Waals surface area contributed by atoms with Crippen molar-refractivity contribution in [2.75, 3.05) is 5.32 Å². The first-order valence-electron chi connectivity index (χ1n) is 14.1. The predicted molar refractivity (Wildman–Crippen MR) is 165 cm³/mol. The lowest BCUT2D eigenvalue weighted by Crippen LogP contribution is -2.33. The Balaban J connectivity index is 1.00. The van der Waals surface area contributed by atoms with Gasteiger partial charge in [-0.3, -0.25) is 9.59 Å². The fourth-order valence-electron chi connectivity index (χ4n) is 4.71. The van der Waals surface area contributed by atoms with Crippen LogP contribution in [-0.4, -0.2) is 43.1 Å². The highest BCUT2D eigenvalue weighted by Crippen LogP contribution is 2.19. The van der Waals surface area contributed by atoms with Crippen LogP contribution < -0.4 is 10.6 Å². The Hall–Kier alpha value is -4.51. The third kappa shape index (κ3) is 8.74. The summed E-state index contributed by atoms with van der Waals surface area (Å²) >= 11 is 1.41. The van der Waals surface area contributed by atoms with E-state index in [4.69, 9.17) is 0 Å². The third-order valence-corrected chi connectivity index (χ3v) is 7.80. The van der Waals surface area contributed by atoms with Gasteiger partial charge in [0.05, 0.1) is 12.8 Å². The molecule has 0 fully saturated rings. The summed E-state index contributed by atoms with van der Waals surface area (Å²) in [6, 6.07) is 17.7. The molecule has 0 atom stereocenters. The molecule has 0 aliphatic carbocycles. The largest absolute Gasteiger partial charge is 0.331 e. The third-order valence-electron chi connectivity index (χ3n) is 6.91. The van der Waals surface area contributed by atoms with Crippen molar-refractivity contribution in [1.29, 1.82) is 0 Å². The monoisotopic (exact) mass is 582 g/mol. The molecule has 0 unspecified atom stereocenters. The van der Waals surface area contributed by atoms with Gasteiger partial charge >= 0.3 is 0 Å². The summed E-state index contributed by atoms with van der Waals surface area (Å²) in [4.78, 5) is 29.1. The topological polar surface area (TPSA) is 127 Å². The molecule has 2 N–H and O–H groups in total. The molecular formula is C31H34N8O2S. The molecule has 1 aliphatic rings. The Bertz CT molecular complexity index is 1570. The number of aromatic nitrogens is 4. The van der Waals surface area contributed by atoms with Gasteiger partial charge in [-0.05, 0) is 49.3 Å². The average molecular weight is 583 g/mol. The Morgan fingerprint density at radius 3 is 2.40 bits per heavy atom. The van der Waals surface area contributed by atoms with E-state index >= 15 is 0 Å². The zero-order chi connectivity index (χ0) is 29.1. The van der Waals surface area contributed by atoms with Crippen molar-refractivity contribution in [2.45, 2.75) is 64.8 Å². The van der Waals surface area contributed by atoms with Crippen molar-refractivity contribution in [3.63, 3.8) is 0 Å². The minimum absolute atomic E-state index is 0.0721. The second-order valence-electron chi connectivity index (χ2n) is 10.3. The summed E-state index contributed by atoms with van der Waals surface area (Å²) in [5.41, 5.74) is 4.09. The molecular weight excluding hydrogens is 548 g/mol. The Kier molecular flexibility index (Phi) is 9.94. The van der Waals surface area contributed by atoms with Crippen LogP contribution in [0.25, 0.3) is 0 Å². The van der Waals surface area contributed by atoms with Crippen LogP contribution in [0.15, 0.2) is 77.2 Å². The van der Waals surface area contributed by atoms with Gasteiger partial charge in [0, 0.05) is 37.5 Å². The number of nitrogens with one attached hydrogen (secondary N) is 2. The number of hydrogen-bond donors (Lipinski definition) is 2. The lowest BCUT2D eigenvalue weighted by Gasteiger charge is -2.13. The molecule has 10 nitrogen and oxygen atoms in total. The fraction of sp³-hybridized carbons (Fsp3) is 0.323. The minimum atomic E-state index is -0.111. The van der Waals surface area contributed by atoms with Crippen molar-refractivity contribution >= 4 is 39.8 Å². The van der Waals surface area contributed by atoms with E-state index in [-0.39, 0.29) is 18.2 Å². The molecule has 2 aromatic heterocycles. The lowest BCUT2D eigenvalue weighted by molar-refractivity contribution is -0.119. The molecule has 3 heterocycles. The van der Waals surface area contributed by atoms with E-state index in [1.807, 2.05) is 55.6 Å². The first-order valence-corrected chi connectivity index (χ1v) is 15.0. The predicted octanol–water partition coefficient (Wildman–Crippen LogP) is 4.89. The zero-order valence-corrected chi connectivity index (χ0v) is 24.4. The molecule has 1 aliphatic heterocycles. The van der Waals surface area contributed by atoms with E-state index in [9.17, 15) is 9.59 Å². The van der Waals surface area contributed by atoms with Gasteiger partial charge in [0.1, 0.15) is 16.7 Å². The smallest absolute Gasteiger partial charge is 0.230 e. The second-order valence-corrected chi connectivity index (χ2v) is 11.3. The molecule has 0 bridgehead atoms. The summed E-state index contributed by atoms with van der Waals surface area (Å²) in [5.74, 6) is 1.40. The Morgan fingerprint density at radius 1 is 0.857 bits per heavy atom. The van der Waals surface area contributed by atoms with E-state index < -0.39 is 0 Å². The number of unbranched alkanes of at least 4 members (excludes halogenated alkanes) is 1. The van der Waals surface area contributed by atoms with Crippen LogP contribution in [0.4, 0.5) is 5.13 Å². The molecule has 216 valence electrons. The van der Waals surface area contributed by atoms with Gasteiger partial charge in [0.2, 0.25) is 16.9 Å². The summed E-state index contributed by atoms with van der Waals surface area (Å²) in [5, 5.41) is 24.1. The Labute approximate surface area is 249 Å². The summed E-state index contributed by atoms with van der Waals surface area (Å²) in [6.45, 7) is 2.69. The van der Waals surface area contributed by atoms with Gasteiger partial charge < -0.3 is 15.2 Å². The van der Waals surface area contributed by atoms with Crippen molar-refractivity contribution in [3.05, 3.63) is 94.5 Å². The first-order chi connectivity index (χ1) is 20.5. The maximum Gasteiger partial charge on any atom is 0.230 e. The minimum Gasteiger partial charge on any atom is -0.331 e. The number of aryl methyl sites for hydroxylation is 2. The van der Waals surface area contributed by atoms with Crippen LogP contribution in [0, 0.1) is 6.92 Å². The molecule has 0 spiro atoms. The number of nitrogens with zero attached hydrogens (tertiary/aromatic N) is 6. The second kappa shape index (κ2) is 14.4. The highest BCUT2D eigenvalue weighted by molar-refractivity contribution is 7.15. The van der Waals surface area contributed by atoms with Crippen LogP contribution >= 0.6 is 11.3 Å². The number of carbonyl (C=O) groups is 2. The summed E-state index contributed by atoms with van der Waals surface area (Å²) in [6.07, 6.45) is 9.37. The standard InChI is InChI=1S/C31H34N8O2S/c1-22-32-16-17-39(22)21-25-11-7-10-24(18-25)20-29(41)34-31-38-37-30(42-31)13-6-5-12-26-14-15-27(36-35-26)33-28(40)19-23-8-3-2-4-9-23/h2-4,7-11,16-18H,5-6,12-15,19-21H2,1H3,(H,33,36,40)(H,34,38,41). The number of hydrogen-bond acceptors (Lipinski definition) is 8. The van der Waals surface area contributed by atoms with E-state index in [2.05, 4.69) is 52.7 Å². The number of benzene rings is 2. The molecule has 0 saturated carbocycles. The van der Waals surface area contributed by atoms with E-state index in [0.29, 0.717) is 23.8 Å². The number of carbonyl (C=O) groups excluding carboxylic acids is 2. The van der Waals surface area contributed by atoms with Crippen molar-refractivity contribution in [2.24, 2.45) is 10.2 Å². The van der Waals surface area contributed by atoms with Crippen LogP contribution in [-0.2, 0) is 35.4 Å². The van der Waals surface area contributed by atoms with Gasteiger partial charge in [-0.25, -0.2) is 4.98 Å². The molecule has 5 rings (SSSR count). The average Bonchev–Trinajstić information content (AvgIpc) is 3.60. The number of rotatable bonds is 12. The summed E-state index contributed by atoms with van der Waals surface area (Å²) in [7, 11) is 0. The highest BCUT2D eigenvalue weighted by atomic mass is 32.1. The maximum atomic E-state index is 12.6. The van der Waals surface area contributed by atoms with Gasteiger partial charge in [-0.15, -0.1) is 15.3 Å². The van der Waals surface area contributed by atoms with E-state index in [1.54, 1.807) is 6.20 Å². The van der Waals surface area contributed by atoms with Gasteiger partial charge in [-0.1, -0.05) is 65.9 Å². The number of imidazole rings is 1. The SMILES string of the molecule is Cc1nccn1Cc1cccc(CC(=O)Nc2nnc(CCCCC3=NN=C(NC(=O)Cc4ccccc4)CC3)s2)c1. The Morgan fingerprint density at radius 2 is 1.62 bits per heavy atom.